The fourth-order valence-electron chi connectivity index (χ4n) is 3.30. The van der Waals surface area contributed by atoms with Crippen LogP contribution < -0.4 is 11.1 Å². The van der Waals surface area contributed by atoms with Crippen LogP contribution in [0.15, 0.2) is 53.5 Å². The van der Waals surface area contributed by atoms with Gasteiger partial charge < -0.3 is 21.7 Å². The highest BCUT2D eigenvalue weighted by Crippen LogP contribution is 2.32. The Hall–Kier alpha value is -3.22. The first-order valence-corrected chi connectivity index (χ1v) is 9.02. The fourth-order valence-corrected chi connectivity index (χ4v) is 3.30. The normalized spacial score (nSPS) is 18.1. The number of hydrogen-bond donors (Lipinski definition) is 4. The Morgan fingerprint density at radius 2 is 2.15 bits per heavy atom. The maximum Gasteiger partial charge on any atom is 0.222 e. The van der Waals surface area contributed by atoms with Gasteiger partial charge in [-0.05, 0) is 42.5 Å². The molecule has 7 heteroatoms. The van der Waals surface area contributed by atoms with Crippen LogP contribution in [0.2, 0.25) is 0 Å². The van der Waals surface area contributed by atoms with Crippen molar-refractivity contribution in [3.8, 4) is 0 Å². The van der Waals surface area contributed by atoms with Gasteiger partial charge in [0, 0.05) is 30.9 Å². The molecule has 1 aliphatic carbocycles. The Balaban J connectivity index is 1.70. The van der Waals surface area contributed by atoms with Crippen molar-refractivity contribution in [2.75, 3.05) is 11.9 Å². The summed E-state index contributed by atoms with van der Waals surface area (Å²) in [4.78, 5) is 8.99. The Morgan fingerprint density at radius 3 is 2.85 bits per heavy atom. The molecule has 1 heterocycles. The summed E-state index contributed by atoms with van der Waals surface area (Å²) in [6.07, 6.45) is 7.47. The van der Waals surface area contributed by atoms with E-state index in [4.69, 9.17) is 11.1 Å². The number of fused-ring (bicyclic) bond motifs is 1. The predicted molar refractivity (Wildman–Crippen MR) is 107 cm³/mol. The van der Waals surface area contributed by atoms with Crippen molar-refractivity contribution >= 4 is 17.9 Å². The van der Waals surface area contributed by atoms with Gasteiger partial charge in [-0.1, -0.05) is 35.5 Å². The van der Waals surface area contributed by atoms with Gasteiger partial charge in [-0.25, -0.2) is 9.97 Å². The smallest absolute Gasteiger partial charge is 0.222 e. The van der Waals surface area contributed by atoms with Gasteiger partial charge in [0.05, 0.1) is 11.4 Å². The summed E-state index contributed by atoms with van der Waals surface area (Å²) in [6.45, 7) is 0.688. The average molecular weight is 364 g/mol. The van der Waals surface area contributed by atoms with Gasteiger partial charge in [-0.15, -0.1) is 0 Å². The molecule has 0 saturated heterocycles. The van der Waals surface area contributed by atoms with Crippen LogP contribution in [0.4, 0.5) is 5.95 Å². The third-order valence-corrected chi connectivity index (χ3v) is 4.77. The quantitative estimate of drug-likeness (QED) is 0.260. The highest BCUT2D eigenvalue weighted by atomic mass is 16.4. The third kappa shape index (κ3) is 4.49. The zero-order valence-corrected chi connectivity index (χ0v) is 15.1. The van der Waals surface area contributed by atoms with E-state index < -0.39 is 0 Å². The van der Waals surface area contributed by atoms with Gasteiger partial charge in [0.25, 0.3) is 0 Å². The molecule has 27 heavy (non-hydrogen) atoms. The van der Waals surface area contributed by atoms with Gasteiger partial charge in [-0.3, -0.25) is 0 Å². The minimum Gasteiger partial charge on any atom is -0.411 e. The maximum atomic E-state index is 9.43. The summed E-state index contributed by atoms with van der Waals surface area (Å²) >= 11 is 0. The summed E-state index contributed by atoms with van der Waals surface area (Å²) in [5.41, 5.74) is 9.80. The van der Waals surface area contributed by atoms with E-state index in [0.717, 1.165) is 36.1 Å². The molecule has 0 spiro atoms. The van der Waals surface area contributed by atoms with E-state index in [1.165, 1.54) is 18.0 Å². The van der Waals surface area contributed by atoms with Crippen LogP contribution in [0.1, 0.15) is 42.0 Å². The Kier molecular flexibility index (Phi) is 6.14. The number of nitrogens with one attached hydrogen (secondary N) is 2. The fraction of sp³-hybridized carbons (Fsp3) is 0.300. The minimum atomic E-state index is 0.234. The second-order valence-corrected chi connectivity index (χ2v) is 6.53. The van der Waals surface area contributed by atoms with Crippen LogP contribution in [-0.4, -0.2) is 33.6 Å². The Morgan fingerprint density at radius 1 is 1.33 bits per heavy atom. The molecule has 0 aliphatic heterocycles. The van der Waals surface area contributed by atoms with E-state index in [2.05, 4.69) is 32.6 Å². The lowest BCUT2D eigenvalue weighted by atomic mass is 9.82. The zero-order valence-electron chi connectivity index (χ0n) is 15.1. The summed E-state index contributed by atoms with van der Waals surface area (Å²) in [7, 11) is 0. The first-order valence-electron chi connectivity index (χ1n) is 9.02. The molecule has 0 saturated carbocycles. The molecule has 1 aromatic carbocycles. The van der Waals surface area contributed by atoms with Crippen molar-refractivity contribution in [1.29, 1.82) is 5.41 Å². The number of nitrogens with two attached hydrogens (primary N) is 1. The number of oxime groups is 1. The Bertz CT molecular complexity index is 847. The van der Waals surface area contributed by atoms with E-state index in [1.54, 1.807) is 6.20 Å². The number of anilines is 1. The van der Waals surface area contributed by atoms with Crippen molar-refractivity contribution in [3.63, 3.8) is 0 Å². The van der Waals surface area contributed by atoms with Crippen molar-refractivity contribution in [1.82, 2.24) is 9.97 Å². The molecule has 3 rings (SSSR count). The topological polar surface area (TPSA) is 120 Å². The highest BCUT2D eigenvalue weighted by Gasteiger charge is 2.27. The largest absolute Gasteiger partial charge is 0.411 e. The first-order chi connectivity index (χ1) is 13.2. The van der Waals surface area contributed by atoms with E-state index >= 15 is 0 Å². The lowest BCUT2D eigenvalue weighted by molar-refractivity contribution is 0.316. The number of nitrogens with zero attached hydrogens (tertiary/aromatic N) is 3. The predicted octanol–water partition coefficient (Wildman–Crippen LogP) is 3.07. The summed E-state index contributed by atoms with van der Waals surface area (Å²) in [5, 5.41) is 23.4. The molecule has 0 radical (unpaired) electrons. The second kappa shape index (κ2) is 8.93. The molecule has 1 aliphatic rings. The number of hydrogen-bond acceptors (Lipinski definition) is 7. The molecular formula is C20H24N6O. The highest BCUT2D eigenvalue weighted by molar-refractivity contribution is 6.02. The van der Waals surface area contributed by atoms with Crippen LogP contribution in [0.3, 0.4) is 0 Å². The van der Waals surface area contributed by atoms with Crippen molar-refractivity contribution < 1.29 is 5.21 Å². The molecule has 1 unspecified atom stereocenters. The molecule has 2 aromatic rings. The zero-order chi connectivity index (χ0) is 19.1. The number of allylic oxidation sites excluding steroid dienone is 1. The minimum absolute atomic E-state index is 0.234. The SMILES string of the molecule is N=C/C(=C\N)CCCNc1ncc2c(n1)CC(c1ccccc1)C/C2=N\O. The second-order valence-electron chi connectivity index (χ2n) is 6.53. The lowest BCUT2D eigenvalue weighted by Gasteiger charge is -2.25. The summed E-state index contributed by atoms with van der Waals surface area (Å²) in [5.74, 6) is 0.796. The molecule has 1 aromatic heterocycles. The molecular weight excluding hydrogens is 340 g/mol. The van der Waals surface area contributed by atoms with Gasteiger partial charge >= 0.3 is 0 Å². The van der Waals surface area contributed by atoms with Crippen molar-refractivity contribution in [2.45, 2.75) is 31.6 Å². The van der Waals surface area contributed by atoms with E-state index in [0.29, 0.717) is 24.6 Å². The number of aromatic nitrogens is 2. The molecule has 0 fully saturated rings. The molecule has 7 nitrogen and oxygen atoms in total. The van der Waals surface area contributed by atoms with Crippen LogP contribution >= 0.6 is 0 Å². The first kappa shape index (κ1) is 18.6. The summed E-state index contributed by atoms with van der Waals surface area (Å²) < 4.78 is 0. The Labute approximate surface area is 158 Å². The van der Waals surface area contributed by atoms with Gasteiger partial charge in [0.1, 0.15) is 0 Å². The standard InChI is InChI=1S/C20H24N6O/c21-11-14(12-22)5-4-8-23-20-24-13-17-18(25-20)9-16(10-19(17)26-27)15-6-2-1-3-7-15/h1-3,6-7,11-13,16,21,27H,4-5,8-10,22H2,(H,23,24,25)/b14-12-,21-11?,26-19+. The molecule has 5 N–H and O–H groups in total. The van der Waals surface area contributed by atoms with Crippen LogP contribution in [-0.2, 0) is 6.42 Å². The molecule has 1 atom stereocenters. The number of rotatable bonds is 7. The molecule has 0 amide bonds. The van der Waals surface area contributed by atoms with E-state index in [-0.39, 0.29) is 5.92 Å². The van der Waals surface area contributed by atoms with E-state index in [1.807, 2.05) is 18.2 Å². The van der Waals surface area contributed by atoms with Gasteiger partial charge in [0.15, 0.2) is 0 Å². The number of benzene rings is 1. The lowest BCUT2D eigenvalue weighted by Crippen LogP contribution is -2.22. The molecule has 0 bridgehead atoms. The molecule has 140 valence electrons. The monoisotopic (exact) mass is 364 g/mol. The van der Waals surface area contributed by atoms with Gasteiger partial charge in [-0.2, -0.15) is 0 Å². The maximum absolute atomic E-state index is 9.43. The van der Waals surface area contributed by atoms with E-state index in [9.17, 15) is 5.21 Å². The third-order valence-electron chi connectivity index (χ3n) is 4.77. The van der Waals surface area contributed by atoms with Crippen molar-refractivity contribution in [3.05, 3.63) is 65.1 Å². The van der Waals surface area contributed by atoms with Gasteiger partial charge in [0.2, 0.25) is 5.95 Å². The van der Waals surface area contributed by atoms with Crippen molar-refractivity contribution in [2.24, 2.45) is 10.9 Å². The van der Waals surface area contributed by atoms with Crippen LogP contribution in [0.25, 0.3) is 0 Å². The van der Waals surface area contributed by atoms with Crippen LogP contribution in [0.5, 0.6) is 0 Å². The summed E-state index contributed by atoms with van der Waals surface area (Å²) in [6, 6.07) is 10.2. The van der Waals surface area contributed by atoms with Crippen LogP contribution in [0, 0.1) is 5.41 Å². The average Bonchev–Trinajstić information content (AvgIpc) is 2.73.